The zero-order valence-electron chi connectivity index (χ0n) is 16.5. The van der Waals surface area contributed by atoms with Crippen molar-refractivity contribution in [3.05, 3.63) is 94.8 Å². The van der Waals surface area contributed by atoms with Crippen LogP contribution in [0.5, 0.6) is 0 Å². The first kappa shape index (κ1) is 22.5. The van der Waals surface area contributed by atoms with Crippen molar-refractivity contribution in [2.24, 2.45) is 0 Å². The fourth-order valence-electron chi connectivity index (χ4n) is 2.89. The molecular weight excluding hydrogens is 429 g/mol. The van der Waals surface area contributed by atoms with Crippen LogP contribution in [-0.4, -0.2) is 19.3 Å². The first-order chi connectivity index (χ1) is 14.6. The highest BCUT2D eigenvalue weighted by atomic mass is 32.2. The van der Waals surface area contributed by atoms with Gasteiger partial charge in [-0.1, -0.05) is 12.1 Å². The molecule has 9 heteroatoms. The van der Waals surface area contributed by atoms with E-state index < -0.39 is 27.3 Å². The van der Waals surface area contributed by atoms with E-state index in [0.29, 0.717) is 11.1 Å². The smallest absolute Gasteiger partial charge is 0.348 e. The molecule has 5 nitrogen and oxygen atoms in total. The lowest BCUT2D eigenvalue weighted by Crippen LogP contribution is -2.23. The van der Waals surface area contributed by atoms with Gasteiger partial charge in [0, 0.05) is 24.5 Å². The molecule has 1 heterocycles. The van der Waals surface area contributed by atoms with Crippen molar-refractivity contribution in [2.75, 3.05) is 0 Å². The molecule has 1 aromatic heterocycles. The van der Waals surface area contributed by atoms with Gasteiger partial charge in [-0.25, -0.2) is 8.42 Å². The molecular formula is C22H19F3N2O3S. The third-order valence-electron chi connectivity index (χ3n) is 4.67. The summed E-state index contributed by atoms with van der Waals surface area (Å²) < 4.78 is 63.6. The van der Waals surface area contributed by atoms with E-state index in [9.17, 15) is 26.4 Å². The lowest BCUT2D eigenvalue weighted by Gasteiger charge is -2.12. The molecule has 0 aliphatic rings. The molecule has 0 saturated heterocycles. The summed E-state index contributed by atoms with van der Waals surface area (Å²) in [4.78, 5) is 16.2. The quantitative estimate of drug-likeness (QED) is 0.610. The lowest BCUT2D eigenvalue weighted by molar-refractivity contribution is -0.137. The second kappa shape index (κ2) is 8.89. The molecule has 0 atom stereocenters. The maximum absolute atomic E-state index is 12.7. The molecule has 0 bridgehead atoms. The number of hydrogen-bond donors (Lipinski definition) is 1. The number of halogens is 3. The third kappa shape index (κ3) is 5.69. The Kier molecular flexibility index (Phi) is 6.45. The maximum atomic E-state index is 12.7. The Morgan fingerprint density at radius 3 is 2.39 bits per heavy atom. The molecule has 0 unspecified atom stereocenters. The second-order valence-electron chi connectivity index (χ2n) is 6.97. The molecule has 0 fully saturated rings. The van der Waals surface area contributed by atoms with Crippen molar-refractivity contribution in [3.8, 4) is 0 Å². The highest BCUT2D eigenvalue weighted by Crippen LogP contribution is 2.30. The Bertz CT molecular complexity index is 1180. The van der Waals surface area contributed by atoms with Gasteiger partial charge in [0.05, 0.1) is 16.2 Å². The van der Waals surface area contributed by atoms with Gasteiger partial charge >= 0.3 is 6.18 Å². The normalized spacial score (nSPS) is 11.9. The molecule has 31 heavy (non-hydrogen) atoms. The Balaban J connectivity index is 1.77. The summed E-state index contributed by atoms with van der Waals surface area (Å²) >= 11 is 0. The molecule has 1 amide bonds. The zero-order valence-corrected chi connectivity index (χ0v) is 17.3. The Hall–Kier alpha value is -3.20. The molecule has 0 saturated carbocycles. The molecule has 0 radical (unpaired) electrons. The predicted molar refractivity (Wildman–Crippen MR) is 109 cm³/mol. The number of carbonyl (C=O) groups excluding carboxylic acids is 1. The number of carbonyl (C=O) groups is 1. The van der Waals surface area contributed by atoms with Crippen LogP contribution in [-0.2, 0) is 28.3 Å². The minimum absolute atomic E-state index is 0.216. The number of sulfone groups is 1. The fourth-order valence-corrected chi connectivity index (χ4v) is 4.33. The Labute approximate surface area is 177 Å². The summed E-state index contributed by atoms with van der Waals surface area (Å²) in [5.41, 5.74) is 1.23. The number of alkyl halides is 3. The first-order valence-corrected chi connectivity index (χ1v) is 10.9. The van der Waals surface area contributed by atoms with Gasteiger partial charge < -0.3 is 5.32 Å². The van der Waals surface area contributed by atoms with Crippen molar-refractivity contribution in [1.29, 1.82) is 0 Å². The van der Waals surface area contributed by atoms with Crippen LogP contribution < -0.4 is 5.32 Å². The van der Waals surface area contributed by atoms with Crippen LogP contribution in [0, 0.1) is 6.92 Å². The first-order valence-electron chi connectivity index (χ1n) is 9.23. The van der Waals surface area contributed by atoms with E-state index in [1.165, 1.54) is 6.07 Å². The monoisotopic (exact) mass is 448 g/mol. The van der Waals surface area contributed by atoms with Crippen molar-refractivity contribution in [1.82, 2.24) is 10.3 Å². The standard InChI is InChI=1S/C22H19F3N2O3S/c1-15-4-5-17(21(28)27-13-16-3-2-10-26-12-16)11-18(15)14-31(29,30)20-8-6-19(7-9-20)22(23,24)25/h2-12H,13-14H2,1H3,(H,27,28). The number of rotatable bonds is 6. The highest BCUT2D eigenvalue weighted by Gasteiger charge is 2.30. The highest BCUT2D eigenvalue weighted by molar-refractivity contribution is 7.90. The van der Waals surface area contributed by atoms with Crippen LogP contribution in [0.1, 0.15) is 32.6 Å². The Morgan fingerprint density at radius 2 is 1.77 bits per heavy atom. The average molecular weight is 448 g/mol. The van der Waals surface area contributed by atoms with E-state index >= 15 is 0 Å². The van der Waals surface area contributed by atoms with Gasteiger partial charge in [0.1, 0.15) is 0 Å². The summed E-state index contributed by atoms with van der Waals surface area (Å²) in [7, 11) is -3.90. The molecule has 3 aromatic rings. The van der Waals surface area contributed by atoms with Crippen molar-refractivity contribution in [3.63, 3.8) is 0 Å². The van der Waals surface area contributed by atoms with E-state index in [0.717, 1.165) is 29.8 Å². The fraction of sp³-hybridized carbons (Fsp3) is 0.182. The lowest BCUT2D eigenvalue weighted by atomic mass is 10.1. The van der Waals surface area contributed by atoms with Gasteiger partial charge in [-0.15, -0.1) is 0 Å². The summed E-state index contributed by atoms with van der Waals surface area (Å²) in [5.74, 6) is -0.814. The van der Waals surface area contributed by atoms with E-state index in [2.05, 4.69) is 10.3 Å². The van der Waals surface area contributed by atoms with Gasteiger partial charge in [-0.3, -0.25) is 9.78 Å². The molecule has 2 aromatic carbocycles. The molecule has 1 N–H and O–H groups in total. The molecule has 0 spiro atoms. The van der Waals surface area contributed by atoms with Crippen molar-refractivity contribution in [2.45, 2.75) is 30.3 Å². The van der Waals surface area contributed by atoms with Crippen LogP contribution in [0.25, 0.3) is 0 Å². The SMILES string of the molecule is Cc1ccc(C(=O)NCc2cccnc2)cc1CS(=O)(=O)c1ccc(C(F)(F)F)cc1. The maximum Gasteiger partial charge on any atom is 0.416 e. The summed E-state index contributed by atoms with van der Waals surface area (Å²) in [6.07, 6.45) is -1.30. The largest absolute Gasteiger partial charge is 0.416 e. The molecule has 0 aliphatic carbocycles. The third-order valence-corrected chi connectivity index (χ3v) is 6.35. The number of aromatic nitrogens is 1. The van der Waals surface area contributed by atoms with Crippen LogP contribution in [0.3, 0.4) is 0 Å². The van der Waals surface area contributed by atoms with Crippen LogP contribution in [0.4, 0.5) is 13.2 Å². The number of pyridine rings is 1. The van der Waals surface area contributed by atoms with E-state index in [1.54, 1.807) is 37.5 Å². The number of benzene rings is 2. The van der Waals surface area contributed by atoms with Gasteiger partial charge in [0.15, 0.2) is 9.84 Å². The minimum Gasteiger partial charge on any atom is -0.348 e. The minimum atomic E-state index is -4.55. The summed E-state index contributed by atoms with van der Waals surface area (Å²) in [6, 6.07) is 11.6. The van der Waals surface area contributed by atoms with E-state index in [-0.39, 0.29) is 22.9 Å². The predicted octanol–water partition coefficient (Wildman–Crippen LogP) is 4.31. The summed E-state index contributed by atoms with van der Waals surface area (Å²) in [6.45, 7) is 1.97. The van der Waals surface area contributed by atoms with Gasteiger partial charge in [0.2, 0.25) is 0 Å². The number of aryl methyl sites for hydroxylation is 1. The van der Waals surface area contributed by atoms with Gasteiger partial charge in [0.25, 0.3) is 5.91 Å². The van der Waals surface area contributed by atoms with Gasteiger partial charge in [-0.2, -0.15) is 13.2 Å². The number of hydrogen-bond acceptors (Lipinski definition) is 4. The molecule has 162 valence electrons. The zero-order chi connectivity index (χ0) is 22.6. The van der Waals surface area contributed by atoms with E-state index in [1.807, 2.05) is 6.07 Å². The molecule has 0 aliphatic heterocycles. The van der Waals surface area contributed by atoms with Crippen molar-refractivity contribution >= 4 is 15.7 Å². The number of nitrogens with one attached hydrogen (secondary N) is 1. The van der Waals surface area contributed by atoms with Gasteiger partial charge in [-0.05, 0) is 66.1 Å². The summed E-state index contributed by atoms with van der Waals surface area (Å²) in [5, 5.41) is 2.74. The average Bonchev–Trinajstić information content (AvgIpc) is 2.73. The topological polar surface area (TPSA) is 76.1 Å². The van der Waals surface area contributed by atoms with Crippen LogP contribution in [0.2, 0.25) is 0 Å². The Morgan fingerprint density at radius 1 is 1.06 bits per heavy atom. The molecule has 3 rings (SSSR count). The number of nitrogens with zero attached hydrogens (tertiary/aromatic N) is 1. The van der Waals surface area contributed by atoms with E-state index in [4.69, 9.17) is 0 Å². The van der Waals surface area contributed by atoms with Crippen molar-refractivity contribution < 1.29 is 26.4 Å². The number of amides is 1. The van der Waals surface area contributed by atoms with Crippen LogP contribution >= 0.6 is 0 Å². The second-order valence-corrected chi connectivity index (χ2v) is 8.96. The van der Waals surface area contributed by atoms with Crippen LogP contribution in [0.15, 0.2) is 71.9 Å².